The number of carbonyl (C=O) groups excluding carboxylic acids is 3. The molecule has 1 heterocycles. The number of nitrogens with one attached hydrogen (secondary N) is 1. The first kappa shape index (κ1) is 24.5. The van der Waals surface area contributed by atoms with E-state index in [4.69, 9.17) is 14.2 Å². The predicted octanol–water partition coefficient (Wildman–Crippen LogP) is 3.56. The van der Waals surface area contributed by atoms with Gasteiger partial charge < -0.3 is 24.4 Å². The topological polar surface area (TPSA) is 107 Å². The number of ketones is 1. The highest BCUT2D eigenvalue weighted by Crippen LogP contribution is 2.28. The molecule has 0 fully saturated rings. The van der Waals surface area contributed by atoms with Gasteiger partial charge in [-0.05, 0) is 50.2 Å². The molecule has 9 nitrogen and oxygen atoms in total. The molecule has 34 heavy (non-hydrogen) atoms. The van der Waals surface area contributed by atoms with E-state index in [1.54, 1.807) is 42.7 Å². The van der Waals surface area contributed by atoms with Crippen molar-refractivity contribution < 1.29 is 28.6 Å². The molecular weight excluding hydrogens is 438 g/mol. The van der Waals surface area contributed by atoms with Crippen molar-refractivity contribution in [3.05, 3.63) is 65.5 Å². The molecule has 2 aromatic carbocycles. The second-order valence-electron chi connectivity index (χ2n) is 7.33. The number of rotatable bonds is 10. The van der Waals surface area contributed by atoms with Gasteiger partial charge in [-0.2, -0.15) is 0 Å². The SMILES string of the molecule is CCOc1ccc(C(C)=O)cc1NC(=O)c1ccc(OCCN2C=CN=CC2)c(C(=O)OC)c1. The summed E-state index contributed by atoms with van der Waals surface area (Å²) in [6, 6.07) is 9.36. The van der Waals surface area contributed by atoms with Crippen molar-refractivity contribution in [1.29, 1.82) is 0 Å². The molecule has 1 aliphatic rings. The quantitative estimate of drug-likeness (QED) is 0.422. The van der Waals surface area contributed by atoms with Gasteiger partial charge in [0.15, 0.2) is 5.78 Å². The molecule has 0 spiro atoms. The van der Waals surface area contributed by atoms with Crippen LogP contribution in [0.2, 0.25) is 0 Å². The van der Waals surface area contributed by atoms with Crippen LogP contribution < -0.4 is 14.8 Å². The first-order chi connectivity index (χ1) is 16.4. The summed E-state index contributed by atoms with van der Waals surface area (Å²) in [7, 11) is 1.26. The summed E-state index contributed by atoms with van der Waals surface area (Å²) in [4.78, 5) is 43.1. The van der Waals surface area contributed by atoms with Crippen LogP contribution in [0.3, 0.4) is 0 Å². The summed E-state index contributed by atoms with van der Waals surface area (Å²) in [5.74, 6) is -0.489. The van der Waals surface area contributed by atoms with Gasteiger partial charge in [-0.3, -0.25) is 14.6 Å². The van der Waals surface area contributed by atoms with Crippen molar-refractivity contribution in [3.63, 3.8) is 0 Å². The van der Waals surface area contributed by atoms with E-state index in [1.807, 2.05) is 18.0 Å². The van der Waals surface area contributed by atoms with Gasteiger partial charge in [0.25, 0.3) is 5.91 Å². The summed E-state index contributed by atoms with van der Waals surface area (Å²) in [6.45, 7) is 5.25. The third-order valence-corrected chi connectivity index (χ3v) is 5.00. The second kappa shape index (κ2) is 11.6. The molecule has 0 bridgehead atoms. The largest absolute Gasteiger partial charge is 0.492 e. The number of methoxy groups -OCH3 is 1. The third-order valence-electron chi connectivity index (χ3n) is 5.00. The highest BCUT2D eigenvalue weighted by Gasteiger charge is 2.19. The number of anilines is 1. The van der Waals surface area contributed by atoms with Crippen LogP contribution >= 0.6 is 0 Å². The monoisotopic (exact) mass is 465 g/mol. The average molecular weight is 466 g/mol. The summed E-state index contributed by atoms with van der Waals surface area (Å²) >= 11 is 0. The molecule has 178 valence electrons. The number of aliphatic imine (C=N–C) groups is 1. The number of carbonyl (C=O) groups is 3. The zero-order valence-corrected chi connectivity index (χ0v) is 19.4. The van der Waals surface area contributed by atoms with Crippen molar-refractivity contribution in [2.45, 2.75) is 13.8 Å². The van der Waals surface area contributed by atoms with Gasteiger partial charge in [0, 0.05) is 29.7 Å². The lowest BCUT2D eigenvalue weighted by atomic mass is 10.1. The smallest absolute Gasteiger partial charge is 0.341 e. The van der Waals surface area contributed by atoms with Crippen LogP contribution in [0.4, 0.5) is 5.69 Å². The van der Waals surface area contributed by atoms with Gasteiger partial charge in [0.05, 0.1) is 32.5 Å². The Morgan fingerprint density at radius 1 is 1.06 bits per heavy atom. The van der Waals surface area contributed by atoms with Gasteiger partial charge in [-0.1, -0.05) is 0 Å². The number of Topliss-reactive ketones (excluding diaryl/α,β-unsaturated/α-hetero) is 1. The van der Waals surface area contributed by atoms with Crippen LogP contribution in [-0.2, 0) is 4.74 Å². The molecule has 9 heteroatoms. The maximum atomic E-state index is 13.0. The molecule has 0 aromatic heterocycles. The zero-order valence-electron chi connectivity index (χ0n) is 19.4. The molecule has 0 aliphatic carbocycles. The van der Waals surface area contributed by atoms with E-state index in [2.05, 4.69) is 10.3 Å². The molecule has 0 saturated carbocycles. The number of ether oxygens (including phenoxy) is 3. The third kappa shape index (κ3) is 6.22. The number of amides is 1. The molecule has 0 radical (unpaired) electrons. The minimum Gasteiger partial charge on any atom is -0.492 e. The van der Waals surface area contributed by atoms with Crippen molar-refractivity contribution in [1.82, 2.24) is 4.90 Å². The molecular formula is C25H27N3O6. The Kier molecular flexibility index (Phi) is 8.39. The second-order valence-corrected chi connectivity index (χ2v) is 7.33. The van der Waals surface area contributed by atoms with Crippen LogP contribution in [0.15, 0.2) is 53.8 Å². The molecule has 1 aliphatic heterocycles. The number of nitrogens with zero attached hydrogens (tertiary/aromatic N) is 2. The van der Waals surface area contributed by atoms with Crippen LogP contribution in [0.25, 0.3) is 0 Å². The van der Waals surface area contributed by atoms with E-state index in [-0.39, 0.29) is 16.9 Å². The highest BCUT2D eigenvalue weighted by atomic mass is 16.5. The van der Waals surface area contributed by atoms with E-state index in [0.29, 0.717) is 49.1 Å². The Morgan fingerprint density at radius 3 is 2.50 bits per heavy atom. The van der Waals surface area contributed by atoms with Gasteiger partial charge in [-0.15, -0.1) is 0 Å². The van der Waals surface area contributed by atoms with E-state index in [0.717, 1.165) is 0 Å². The van der Waals surface area contributed by atoms with Crippen LogP contribution in [-0.4, -0.2) is 62.2 Å². The first-order valence-electron chi connectivity index (χ1n) is 10.8. The molecule has 2 aromatic rings. The van der Waals surface area contributed by atoms with E-state index in [1.165, 1.54) is 20.1 Å². The fraction of sp³-hybridized carbons (Fsp3) is 0.280. The average Bonchev–Trinajstić information content (AvgIpc) is 2.85. The summed E-state index contributed by atoms with van der Waals surface area (Å²) < 4.78 is 16.2. The van der Waals surface area contributed by atoms with Crippen LogP contribution in [0.5, 0.6) is 11.5 Å². The van der Waals surface area contributed by atoms with Gasteiger partial charge >= 0.3 is 5.97 Å². The fourth-order valence-electron chi connectivity index (χ4n) is 3.23. The first-order valence-corrected chi connectivity index (χ1v) is 10.8. The van der Waals surface area contributed by atoms with Crippen molar-refractivity contribution in [2.75, 3.05) is 38.7 Å². The van der Waals surface area contributed by atoms with Gasteiger partial charge in [0.2, 0.25) is 0 Å². The molecule has 1 amide bonds. The number of hydrogen-bond acceptors (Lipinski definition) is 8. The van der Waals surface area contributed by atoms with Gasteiger partial charge in [-0.25, -0.2) is 4.79 Å². The lowest BCUT2D eigenvalue weighted by molar-refractivity contribution is 0.0595. The van der Waals surface area contributed by atoms with Crippen molar-refractivity contribution >= 4 is 29.6 Å². The Bertz CT molecular complexity index is 1130. The lowest BCUT2D eigenvalue weighted by Gasteiger charge is -2.20. The van der Waals surface area contributed by atoms with Crippen LogP contribution in [0, 0.1) is 0 Å². The minimum absolute atomic E-state index is 0.133. The Labute approximate surface area is 198 Å². The highest BCUT2D eigenvalue weighted by molar-refractivity contribution is 6.07. The normalized spacial score (nSPS) is 12.3. The maximum absolute atomic E-state index is 13.0. The van der Waals surface area contributed by atoms with E-state index < -0.39 is 11.9 Å². The molecule has 0 saturated heterocycles. The molecule has 3 rings (SSSR count). The standard InChI is InChI=1S/C25H27N3O6/c1-4-33-23-8-5-18(17(2)29)16-21(23)27-24(30)19-6-7-22(20(15-19)25(31)32-3)34-14-13-28-11-9-26-10-12-28/h5-11,15-16H,4,12-14H2,1-3H3,(H,27,30). The Hall–Kier alpha value is -4.14. The Balaban J connectivity index is 1.78. The lowest BCUT2D eigenvalue weighted by Crippen LogP contribution is -2.26. The predicted molar refractivity (Wildman–Crippen MR) is 128 cm³/mol. The molecule has 0 atom stereocenters. The van der Waals surface area contributed by atoms with E-state index >= 15 is 0 Å². The molecule has 1 N–H and O–H groups in total. The number of esters is 1. The maximum Gasteiger partial charge on any atom is 0.341 e. The van der Waals surface area contributed by atoms with Crippen molar-refractivity contribution in [3.8, 4) is 11.5 Å². The minimum atomic E-state index is -0.622. The zero-order chi connectivity index (χ0) is 24.5. The number of benzene rings is 2. The summed E-state index contributed by atoms with van der Waals surface area (Å²) in [5.41, 5.74) is 1.15. The summed E-state index contributed by atoms with van der Waals surface area (Å²) in [6.07, 6.45) is 5.34. The van der Waals surface area contributed by atoms with Gasteiger partial charge in [0.1, 0.15) is 23.7 Å². The Morgan fingerprint density at radius 2 is 1.82 bits per heavy atom. The van der Waals surface area contributed by atoms with Crippen LogP contribution in [0.1, 0.15) is 44.9 Å². The van der Waals surface area contributed by atoms with E-state index in [9.17, 15) is 14.4 Å². The number of hydrogen-bond donors (Lipinski definition) is 1. The summed E-state index contributed by atoms with van der Waals surface area (Å²) in [5, 5.41) is 2.76. The fourth-order valence-corrected chi connectivity index (χ4v) is 3.23. The van der Waals surface area contributed by atoms with Crippen molar-refractivity contribution in [2.24, 2.45) is 4.99 Å². The molecule has 0 unspecified atom stereocenters.